The van der Waals surface area contributed by atoms with Crippen LogP contribution in [0.2, 0.25) is 0 Å². The topological polar surface area (TPSA) is 112 Å². The molecule has 146 valence electrons. The number of nitro groups is 1. The maximum Gasteiger partial charge on any atom is 0.311 e. The van der Waals surface area contributed by atoms with Crippen molar-refractivity contribution in [3.8, 4) is 5.75 Å². The Morgan fingerprint density at radius 3 is 2.52 bits per heavy atom. The molecule has 0 aliphatic rings. The van der Waals surface area contributed by atoms with Crippen LogP contribution in [0.5, 0.6) is 5.75 Å². The highest BCUT2D eigenvalue weighted by atomic mass is 32.2. The predicted molar refractivity (Wildman–Crippen MR) is 109 cm³/mol. The zero-order valence-electron chi connectivity index (χ0n) is 15.2. The van der Waals surface area contributed by atoms with E-state index < -0.39 is 4.92 Å². The molecule has 0 unspecified atom stereocenters. The summed E-state index contributed by atoms with van der Waals surface area (Å²) in [5, 5.41) is 15.1. The lowest BCUT2D eigenvalue weighted by atomic mass is 10.3. The molecule has 0 aliphatic heterocycles. The second-order valence-corrected chi connectivity index (χ2v) is 6.57. The molecule has 0 bridgehead atoms. The molecular formula is C19H15N5O4S. The van der Waals surface area contributed by atoms with E-state index >= 15 is 0 Å². The fourth-order valence-corrected chi connectivity index (χ4v) is 2.76. The summed E-state index contributed by atoms with van der Waals surface area (Å²) in [4.78, 5) is 28.7. The Morgan fingerprint density at radius 2 is 1.79 bits per heavy atom. The van der Waals surface area contributed by atoms with Crippen molar-refractivity contribution in [3.05, 3.63) is 76.6 Å². The molecule has 0 fully saturated rings. The van der Waals surface area contributed by atoms with E-state index in [2.05, 4.69) is 20.1 Å². The number of hydrogen-bond acceptors (Lipinski definition) is 9. The maximum atomic E-state index is 10.9. The number of benzene rings is 2. The summed E-state index contributed by atoms with van der Waals surface area (Å²) in [6.45, 7) is 1.94. The van der Waals surface area contributed by atoms with Gasteiger partial charge in [-0.25, -0.2) is 15.0 Å². The molecule has 0 spiro atoms. The molecular weight excluding hydrogens is 394 g/mol. The van der Waals surface area contributed by atoms with Gasteiger partial charge < -0.3 is 9.57 Å². The lowest BCUT2D eigenvalue weighted by molar-refractivity contribution is -0.385. The van der Waals surface area contributed by atoms with Crippen LogP contribution in [0.1, 0.15) is 5.56 Å². The minimum Gasteiger partial charge on any atom is -0.435 e. The Hall–Kier alpha value is -3.79. The van der Waals surface area contributed by atoms with E-state index in [9.17, 15) is 10.1 Å². The highest BCUT2D eigenvalue weighted by molar-refractivity contribution is 7.99. The number of oxime groups is 1. The van der Waals surface area contributed by atoms with Crippen LogP contribution < -0.4 is 4.74 Å². The van der Waals surface area contributed by atoms with Crippen LogP contribution in [0, 0.1) is 17.0 Å². The lowest BCUT2D eigenvalue weighted by Gasteiger charge is -2.01. The van der Waals surface area contributed by atoms with Gasteiger partial charge in [0.05, 0.1) is 10.6 Å². The molecule has 2 aromatic carbocycles. The van der Waals surface area contributed by atoms with Gasteiger partial charge in [-0.05, 0) is 59.7 Å². The third-order valence-electron chi connectivity index (χ3n) is 3.40. The Morgan fingerprint density at radius 1 is 1.07 bits per heavy atom. The molecule has 9 nitrogen and oxygen atoms in total. The van der Waals surface area contributed by atoms with Gasteiger partial charge in [0.1, 0.15) is 0 Å². The van der Waals surface area contributed by atoms with Gasteiger partial charge in [-0.2, -0.15) is 0 Å². The molecule has 3 aromatic rings. The van der Waals surface area contributed by atoms with E-state index in [1.165, 1.54) is 23.9 Å². The lowest BCUT2D eigenvalue weighted by Crippen LogP contribution is -1.96. The third kappa shape index (κ3) is 6.11. The van der Waals surface area contributed by atoms with Gasteiger partial charge in [-0.15, -0.1) is 0 Å². The molecule has 1 heterocycles. The van der Waals surface area contributed by atoms with Crippen molar-refractivity contribution < 1.29 is 14.5 Å². The fraction of sp³-hybridized carbons (Fsp3) is 0.0526. The van der Waals surface area contributed by atoms with Crippen molar-refractivity contribution >= 4 is 35.9 Å². The Labute approximate surface area is 170 Å². The van der Waals surface area contributed by atoms with E-state index in [0.717, 1.165) is 23.3 Å². The zero-order valence-corrected chi connectivity index (χ0v) is 16.0. The van der Waals surface area contributed by atoms with Crippen molar-refractivity contribution in [3.63, 3.8) is 0 Å². The van der Waals surface area contributed by atoms with E-state index in [1.54, 1.807) is 24.5 Å². The molecule has 0 atom stereocenters. The van der Waals surface area contributed by atoms with Crippen LogP contribution in [-0.4, -0.2) is 27.7 Å². The SMILES string of the molecule is Cc1cnc(Sc2ccc(N=CO/N=C\Oc3ccccc3[N+](=O)[O-])cc2)nc1. The average Bonchev–Trinajstić information content (AvgIpc) is 2.73. The summed E-state index contributed by atoms with van der Waals surface area (Å²) in [7, 11) is 0. The quantitative estimate of drug-likeness (QED) is 0.176. The van der Waals surface area contributed by atoms with Gasteiger partial charge in [-0.3, -0.25) is 10.1 Å². The highest BCUT2D eigenvalue weighted by Crippen LogP contribution is 2.26. The number of ether oxygens (including phenoxy) is 1. The monoisotopic (exact) mass is 409 g/mol. The summed E-state index contributed by atoms with van der Waals surface area (Å²) in [6.07, 6.45) is 5.62. The molecule has 0 saturated carbocycles. The van der Waals surface area contributed by atoms with Crippen LogP contribution in [0.15, 0.2) is 81.1 Å². The van der Waals surface area contributed by atoms with Crippen LogP contribution in [0.25, 0.3) is 0 Å². The van der Waals surface area contributed by atoms with Gasteiger partial charge in [-0.1, -0.05) is 12.1 Å². The second kappa shape index (κ2) is 9.95. The first-order chi connectivity index (χ1) is 14.1. The summed E-state index contributed by atoms with van der Waals surface area (Å²) < 4.78 is 5.10. The standard InChI is InChI=1S/C19H15N5O4S/c1-14-10-20-19(21-11-14)29-16-8-6-15(7-9-16)22-12-28-23-13-27-18-5-3-2-4-17(18)24(25)26/h2-13H,1H3/b22-12?,23-13-. The molecule has 1 aromatic heterocycles. The van der Waals surface area contributed by atoms with E-state index in [4.69, 9.17) is 9.57 Å². The zero-order chi connectivity index (χ0) is 20.5. The summed E-state index contributed by atoms with van der Waals surface area (Å²) in [5.41, 5.74) is 1.50. The second-order valence-electron chi connectivity index (χ2n) is 5.53. The van der Waals surface area contributed by atoms with Gasteiger partial charge in [0.25, 0.3) is 0 Å². The minimum absolute atomic E-state index is 0.0624. The van der Waals surface area contributed by atoms with Crippen LogP contribution in [0.4, 0.5) is 11.4 Å². The Balaban J connectivity index is 1.48. The normalized spacial score (nSPS) is 11.1. The van der Waals surface area contributed by atoms with Crippen LogP contribution in [-0.2, 0) is 4.84 Å². The van der Waals surface area contributed by atoms with Gasteiger partial charge in [0.15, 0.2) is 5.16 Å². The number of nitro benzene ring substituents is 1. The average molecular weight is 409 g/mol. The summed E-state index contributed by atoms with van der Waals surface area (Å²) in [5.74, 6) is 0.0624. The third-order valence-corrected chi connectivity index (χ3v) is 4.30. The van der Waals surface area contributed by atoms with Crippen LogP contribution >= 0.6 is 11.8 Å². The molecule has 3 rings (SSSR count). The summed E-state index contributed by atoms with van der Waals surface area (Å²) in [6, 6.07) is 13.4. The number of rotatable bonds is 8. The molecule has 10 heteroatoms. The van der Waals surface area contributed by atoms with E-state index in [-0.39, 0.29) is 11.4 Å². The molecule has 0 aliphatic carbocycles. The maximum absolute atomic E-state index is 10.9. The first-order valence-electron chi connectivity index (χ1n) is 8.28. The van der Waals surface area contributed by atoms with Gasteiger partial charge in [0, 0.05) is 23.4 Å². The van der Waals surface area contributed by atoms with Gasteiger partial charge >= 0.3 is 5.69 Å². The predicted octanol–water partition coefficient (Wildman–Crippen LogP) is 4.54. The smallest absolute Gasteiger partial charge is 0.311 e. The largest absolute Gasteiger partial charge is 0.435 e. The number of aryl methyl sites for hydroxylation is 1. The molecule has 0 amide bonds. The van der Waals surface area contributed by atoms with Gasteiger partial charge in [0.2, 0.25) is 18.6 Å². The van der Waals surface area contributed by atoms with Crippen molar-refractivity contribution in [2.24, 2.45) is 10.1 Å². The number of aromatic nitrogens is 2. The number of hydrogen-bond donors (Lipinski definition) is 0. The molecule has 29 heavy (non-hydrogen) atoms. The Kier molecular flexibility index (Phi) is 6.85. The number of para-hydroxylation sites is 2. The van der Waals surface area contributed by atoms with E-state index in [0.29, 0.717) is 10.8 Å². The molecule has 0 radical (unpaired) electrons. The highest BCUT2D eigenvalue weighted by Gasteiger charge is 2.12. The summed E-state index contributed by atoms with van der Waals surface area (Å²) >= 11 is 1.45. The van der Waals surface area contributed by atoms with Crippen molar-refractivity contribution in [2.75, 3.05) is 0 Å². The number of aliphatic imine (C=N–C) groups is 1. The van der Waals surface area contributed by atoms with Crippen molar-refractivity contribution in [2.45, 2.75) is 17.0 Å². The van der Waals surface area contributed by atoms with E-state index in [1.807, 2.05) is 31.2 Å². The van der Waals surface area contributed by atoms with Crippen LogP contribution in [0.3, 0.4) is 0 Å². The number of nitrogens with zero attached hydrogens (tertiary/aromatic N) is 5. The van der Waals surface area contributed by atoms with Crippen molar-refractivity contribution in [1.29, 1.82) is 0 Å². The molecule has 0 N–H and O–H groups in total. The first-order valence-corrected chi connectivity index (χ1v) is 9.10. The molecule has 0 saturated heterocycles. The Bertz CT molecular complexity index is 1020. The minimum atomic E-state index is -0.543. The fourth-order valence-electron chi connectivity index (χ4n) is 2.06. The first kappa shape index (κ1) is 20.0. The van der Waals surface area contributed by atoms with Crippen molar-refractivity contribution in [1.82, 2.24) is 9.97 Å².